The van der Waals surface area contributed by atoms with Gasteiger partial charge in [-0.25, -0.2) is 0 Å². The van der Waals surface area contributed by atoms with Crippen molar-refractivity contribution in [2.45, 2.75) is 32.6 Å². The summed E-state index contributed by atoms with van der Waals surface area (Å²) in [5, 5.41) is 0. The van der Waals surface area contributed by atoms with E-state index in [2.05, 4.69) is 19.1 Å². The summed E-state index contributed by atoms with van der Waals surface area (Å²) in [7, 11) is 0. The van der Waals surface area contributed by atoms with Crippen molar-refractivity contribution in [3.8, 4) is 0 Å². The molecule has 0 atom stereocenters. The van der Waals surface area contributed by atoms with Gasteiger partial charge in [0.05, 0.1) is 0 Å². The molecular weight excluding hydrogens is 347 g/mol. The van der Waals surface area contributed by atoms with Crippen molar-refractivity contribution in [3.63, 3.8) is 0 Å². The minimum atomic E-state index is -0.0328. The van der Waals surface area contributed by atoms with E-state index in [1.165, 1.54) is 20.8 Å². The Morgan fingerprint density at radius 2 is 1.94 bits per heavy atom. The average molecular weight is 367 g/mol. The van der Waals surface area contributed by atoms with Gasteiger partial charge in [0.2, 0.25) is 0 Å². The zero-order valence-electron chi connectivity index (χ0n) is 10.2. The van der Waals surface area contributed by atoms with E-state index in [0.29, 0.717) is 12.3 Å². The summed E-state index contributed by atoms with van der Waals surface area (Å²) in [6.07, 6.45) is 3.95. The van der Waals surface area contributed by atoms with E-state index in [9.17, 15) is 4.79 Å². The minimum absolute atomic E-state index is 0.0328. The van der Waals surface area contributed by atoms with E-state index in [4.69, 9.17) is 11.6 Å². The monoisotopic (exact) mass is 366 g/mol. The molecule has 0 unspecified atom stereocenters. The van der Waals surface area contributed by atoms with Crippen molar-refractivity contribution in [1.82, 2.24) is 0 Å². The van der Waals surface area contributed by atoms with Gasteiger partial charge in [-0.2, -0.15) is 0 Å². The molecule has 0 saturated carbocycles. The van der Waals surface area contributed by atoms with Crippen LogP contribution in [0.1, 0.15) is 43.0 Å². The van der Waals surface area contributed by atoms with Gasteiger partial charge in [-0.05, 0) is 0 Å². The number of hydrogen-bond donors (Lipinski definition) is 0. The van der Waals surface area contributed by atoms with Gasteiger partial charge in [0.15, 0.2) is 0 Å². The fraction of sp³-hybridized carbons (Fsp3) is 0.500. The van der Waals surface area contributed by atoms with E-state index in [1.54, 1.807) is 0 Å². The Balaban J connectivity index is 2.46. The number of benzene rings is 1. The van der Waals surface area contributed by atoms with Gasteiger partial charge in [0.25, 0.3) is 0 Å². The molecule has 0 spiro atoms. The first-order valence-corrected chi connectivity index (χ1v) is 9.44. The second-order valence-electron chi connectivity index (χ2n) is 3.94. The number of unbranched alkanes of at least 4 members (excludes halogenated alkanes) is 1. The third kappa shape index (κ3) is 5.87. The van der Waals surface area contributed by atoms with Crippen molar-refractivity contribution < 1.29 is 4.79 Å². The van der Waals surface area contributed by atoms with Gasteiger partial charge in [-0.1, -0.05) is 0 Å². The molecule has 96 valence electrons. The molecule has 0 aliphatic rings. The third-order valence-electron chi connectivity index (χ3n) is 2.48. The molecule has 0 aliphatic carbocycles. The van der Waals surface area contributed by atoms with Crippen LogP contribution >= 0.6 is 32.8 Å². The Bertz CT molecular complexity index is 335. The van der Waals surface area contributed by atoms with E-state index >= 15 is 0 Å². The van der Waals surface area contributed by atoms with Crippen molar-refractivity contribution in [3.05, 3.63) is 33.4 Å². The van der Waals surface area contributed by atoms with Gasteiger partial charge in [0.1, 0.15) is 0 Å². The zero-order chi connectivity index (χ0) is 12.5. The predicted octanol–water partition coefficient (Wildman–Crippen LogP) is 4.56. The SMILES string of the molecule is CCCC[IH]c1ccc(C(=O)CCCCl)cc1. The van der Waals surface area contributed by atoms with E-state index in [1.807, 2.05) is 12.1 Å². The standard InChI is InChI=1S/C14H20ClIO/c1-2-3-11-16-13-8-6-12(7-9-13)14(17)5-4-10-15/h6-9,16H,2-5,10-11H2,1H3. The number of Topliss-reactive ketones (excluding diaryl/α,β-unsaturated/α-hetero) is 1. The maximum atomic E-state index is 11.7. The van der Waals surface area contributed by atoms with Crippen LogP contribution < -0.4 is 0 Å². The topological polar surface area (TPSA) is 17.1 Å². The van der Waals surface area contributed by atoms with Crippen LogP contribution in [-0.2, 0) is 0 Å². The van der Waals surface area contributed by atoms with Crippen molar-refractivity contribution in [2.24, 2.45) is 0 Å². The second kappa shape index (κ2) is 8.92. The van der Waals surface area contributed by atoms with Crippen LogP contribution in [0.5, 0.6) is 0 Å². The van der Waals surface area contributed by atoms with Crippen molar-refractivity contribution >= 4 is 38.6 Å². The summed E-state index contributed by atoms with van der Waals surface area (Å²) >= 11 is 5.55. The van der Waals surface area contributed by atoms with Crippen LogP contribution in [0, 0.1) is 3.57 Å². The summed E-state index contributed by atoms with van der Waals surface area (Å²) in [4.78, 5) is 11.7. The van der Waals surface area contributed by atoms with Gasteiger partial charge < -0.3 is 0 Å². The van der Waals surface area contributed by atoms with Gasteiger partial charge in [-0.3, -0.25) is 0 Å². The van der Waals surface area contributed by atoms with Gasteiger partial charge in [-0.15, -0.1) is 0 Å². The molecule has 1 rings (SSSR count). The summed E-state index contributed by atoms with van der Waals surface area (Å²) in [5.74, 6) is 0.777. The molecule has 0 bridgehead atoms. The maximum absolute atomic E-state index is 11.7. The van der Waals surface area contributed by atoms with Crippen LogP contribution in [0.25, 0.3) is 0 Å². The van der Waals surface area contributed by atoms with Crippen LogP contribution in [0.15, 0.2) is 24.3 Å². The van der Waals surface area contributed by atoms with Crippen molar-refractivity contribution in [2.75, 3.05) is 10.3 Å². The molecule has 1 aromatic carbocycles. The molecule has 0 heterocycles. The molecule has 1 aromatic rings. The Morgan fingerprint density at radius 3 is 2.53 bits per heavy atom. The number of carbonyl (C=O) groups excluding carboxylic acids is 1. The first kappa shape index (κ1) is 15.0. The van der Waals surface area contributed by atoms with Crippen LogP contribution in [-0.4, -0.2) is 16.1 Å². The summed E-state index contributed by atoms with van der Waals surface area (Å²) in [6, 6.07) is 8.21. The number of hydrogen-bond acceptors (Lipinski definition) is 1. The molecule has 17 heavy (non-hydrogen) atoms. The summed E-state index contributed by atoms with van der Waals surface area (Å²) < 4.78 is 2.82. The molecule has 3 heteroatoms. The molecule has 0 amide bonds. The fourth-order valence-electron chi connectivity index (χ4n) is 1.44. The number of halogens is 2. The van der Waals surface area contributed by atoms with Gasteiger partial charge in [0, 0.05) is 0 Å². The Kier molecular flexibility index (Phi) is 7.86. The summed E-state index contributed by atoms with van der Waals surface area (Å²) in [5.41, 5.74) is 0.835. The summed E-state index contributed by atoms with van der Waals surface area (Å²) in [6.45, 7) is 2.23. The number of ketones is 1. The number of carbonyl (C=O) groups is 1. The van der Waals surface area contributed by atoms with E-state index in [-0.39, 0.29) is 27.0 Å². The van der Waals surface area contributed by atoms with Crippen molar-refractivity contribution in [1.29, 1.82) is 0 Å². The molecule has 0 aliphatic heterocycles. The second-order valence-corrected chi connectivity index (χ2v) is 7.65. The molecule has 0 fully saturated rings. The van der Waals surface area contributed by atoms with Gasteiger partial charge >= 0.3 is 120 Å². The molecule has 1 nitrogen and oxygen atoms in total. The van der Waals surface area contributed by atoms with Crippen LogP contribution in [0.2, 0.25) is 0 Å². The molecule has 0 N–H and O–H groups in total. The molecular formula is C14H20ClIO. The molecule has 0 radical (unpaired) electrons. The molecule has 0 aromatic heterocycles. The van der Waals surface area contributed by atoms with Crippen LogP contribution in [0.4, 0.5) is 0 Å². The zero-order valence-corrected chi connectivity index (χ0v) is 13.3. The number of rotatable bonds is 8. The van der Waals surface area contributed by atoms with E-state index < -0.39 is 0 Å². The Morgan fingerprint density at radius 1 is 1.24 bits per heavy atom. The third-order valence-corrected chi connectivity index (χ3v) is 5.88. The number of alkyl halides is 2. The van der Waals surface area contributed by atoms with E-state index in [0.717, 1.165) is 12.0 Å². The average Bonchev–Trinajstić information content (AvgIpc) is 2.37. The fourth-order valence-corrected chi connectivity index (χ4v) is 4.42. The first-order chi connectivity index (χ1) is 8.27. The quantitative estimate of drug-likeness (QED) is 0.285. The first-order valence-electron chi connectivity index (χ1n) is 6.10. The molecule has 0 saturated heterocycles. The van der Waals surface area contributed by atoms with Crippen LogP contribution in [0.3, 0.4) is 0 Å². The predicted molar refractivity (Wildman–Crippen MR) is 84.6 cm³/mol. The normalized spacial score (nSPS) is 10.7. The Labute approximate surface area is 119 Å². The Hall–Kier alpha value is -0.0900.